The fraction of sp³-hybridized carbons (Fsp3) is 0.182. The second kappa shape index (κ2) is 4.78. The first-order valence-corrected chi connectivity index (χ1v) is 4.34. The van der Waals surface area contributed by atoms with Crippen LogP contribution < -0.4 is 5.32 Å². The van der Waals surface area contributed by atoms with Gasteiger partial charge in [-0.25, -0.2) is 0 Å². The number of nitrogens with one attached hydrogen (secondary N) is 1. The third-order valence-corrected chi connectivity index (χ3v) is 1.98. The minimum absolute atomic E-state index is 0.377. The van der Waals surface area contributed by atoms with E-state index in [0.29, 0.717) is 5.56 Å². The van der Waals surface area contributed by atoms with Crippen LogP contribution in [0.3, 0.4) is 0 Å². The van der Waals surface area contributed by atoms with Crippen LogP contribution in [-0.4, -0.2) is 12.8 Å². The van der Waals surface area contributed by atoms with Crippen LogP contribution in [0.5, 0.6) is 0 Å². The van der Waals surface area contributed by atoms with Crippen LogP contribution in [0.2, 0.25) is 0 Å². The number of nitrogens with zero attached hydrogens (tertiary/aromatic N) is 2. The highest BCUT2D eigenvalue weighted by Crippen LogP contribution is 2.12. The Labute approximate surface area is 87.8 Å². The van der Waals surface area contributed by atoms with Gasteiger partial charge in [0.05, 0.1) is 12.1 Å². The van der Waals surface area contributed by atoms with Crippen LogP contribution in [0.4, 0.5) is 5.69 Å². The maximum Gasteiger partial charge on any atom is 0.195 e. The van der Waals surface area contributed by atoms with Gasteiger partial charge in [-0.2, -0.15) is 10.5 Å². The average Bonchev–Trinajstić information content (AvgIpc) is 2.30. The molecule has 1 aromatic carbocycles. The highest BCUT2D eigenvalue weighted by Gasteiger charge is 2.18. The summed E-state index contributed by atoms with van der Waals surface area (Å²) < 4.78 is 0. The Kier molecular flexibility index (Phi) is 3.43. The van der Waals surface area contributed by atoms with Crippen LogP contribution in [0.1, 0.15) is 10.4 Å². The number of anilines is 1. The Morgan fingerprint density at radius 2 is 1.80 bits per heavy atom. The zero-order valence-electron chi connectivity index (χ0n) is 8.19. The molecular formula is C11H9N3O. The summed E-state index contributed by atoms with van der Waals surface area (Å²) in [6.45, 7) is 0. The molecule has 0 atom stereocenters. The number of hydrogen-bond acceptors (Lipinski definition) is 4. The van der Waals surface area contributed by atoms with E-state index < -0.39 is 11.7 Å². The van der Waals surface area contributed by atoms with Gasteiger partial charge in [0.15, 0.2) is 11.7 Å². The summed E-state index contributed by atoms with van der Waals surface area (Å²) in [6.07, 6.45) is 0. The van der Waals surface area contributed by atoms with E-state index in [-0.39, 0.29) is 0 Å². The van der Waals surface area contributed by atoms with E-state index >= 15 is 0 Å². The summed E-state index contributed by atoms with van der Waals surface area (Å²) in [6, 6.07) is 9.93. The predicted molar refractivity (Wildman–Crippen MR) is 55.0 cm³/mol. The fourth-order valence-corrected chi connectivity index (χ4v) is 1.11. The smallest absolute Gasteiger partial charge is 0.195 e. The number of Topliss-reactive ketones (excluding diaryl/α,β-unsaturated/α-hetero) is 1. The van der Waals surface area contributed by atoms with Gasteiger partial charge in [0.2, 0.25) is 0 Å². The van der Waals surface area contributed by atoms with Crippen molar-refractivity contribution in [2.75, 3.05) is 12.4 Å². The molecule has 0 radical (unpaired) electrons. The first-order chi connectivity index (χ1) is 7.22. The first kappa shape index (κ1) is 10.7. The van der Waals surface area contributed by atoms with Crippen molar-refractivity contribution >= 4 is 11.5 Å². The van der Waals surface area contributed by atoms with E-state index in [4.69, 9.17) is 10.5 Å². The lowest BCUT2D eigenvalue weighted by molar-refractivity contribution is 0.0971. The second-order valence-corrected chi connectivity index (χ2v) is 2.88. The average molecular weight is 199 g/mol. The molecule has 0 saturated carbocycles. The molecule has 0 amide bonds. The van der Waals surface area contributed by atoms with Gasteiger partial charge in [-0.3, -0.25) is 4.79 Å². The molecule has 74 valence electrons. The van der Waals surface area contributed by atoms with Crippen LogP contribution in [0, 0.1) is 28.6 Å². The minimum Gasteiger partial charge on any atom is -0.388 e. The molecule has 1 aromatic rings. The normalized spacial score (nSPS) is 9.07. The predicted octanol–water partition coefficient (Wildman–Crippen LogP) is 1.57. The quantitative estimate of drug-likeness (QED) is 0.749. The van der Waals surface area contributed by atoms with Crippen molar-refractivity contribution in [1.82, 2.24) is 0 Å². The van der Waals surface area contributed by atoms with E-state index in [2.05, 4.69) is 5.32 Å². The molecule has 4 heteroatoms. The van der Waals surface area contributed by atoms with Crippen LogP contribution >= 0.6 is 0 Å². The highest BCUT2D eigenvalue weighted by molar-refractivity contribution is 6.01. The number of ketones is 1. The molecule has 0 aromatic heterocycles. The molecule has 0 saturated heterocycles. The summed E-state index contributed by atoms with van der Waals surface area (Å²) in [5.74, 6) is -1.67. The lowest BCUT2D eigenvalue weighted by Crippen LogP contribution is -2.10. The molecule has 0 aliphatic carbocycles. The maximum absolute atomic E-state index is 11.5. The summed E-state index contributed by atoms with van der Waals surface area (Å²) in [4.78, 5) is 11.5. The molecule has 0 fully saturated rings. The molecule has 0 aliphatic heterocycles. The van der Waals surface area contributed by atoms with Crippen molar-refractivity contribution in [2.24, 2.45) is 5.92 Å². The molecule has 0 spiro atoms. The van der Waals surface area contributed by atoms with E-state index in [1.807, 2.05) is 0 Å². The van der Waals surface area contributed by atoms with Gasteiger partial charge in [0.25, 0.3) is 0 Å². The van der Waals surface area contributed by atoms with Crippen LogP contribution in [0.15, 0.2) is 24.3 Å². The molecular weight excluding hydrogens is 190 g/mol. The molecule has 15 heavy (non-hydrogen) atoms. The standard InChI is InChI=1S/C11H9N3O/c1-14-10-4-2-8(3-5-10)11(15)9(6-12)7-13/h2-5,9,14H,1H3. The van der Waals surface area contributed by atoms with Crippen molar-refractivity contribution in [3.8, 4) is 12.1 Å². The van der Waals surface area contributed by atoms with Crippen molar-refractivity contribution < 1.29 is 4.79 Å². The van der Waals surface area contributed by atoms with E-state index in [0.717, 1.165) is 5.69 Å². The SMILES string of the molecule is CNc1ccc(C(=O)C(C#N)C#N)cc1. The number of hydrogen-bond donors (Lipinski definition) is 1. The lowest BCUT2D eigenvalue weighted by Gasteiger charge is -2.02. The number of rotatable bonds is 3. The molecule has 0 aliphatic rings. The topological polar surface area (TPSA) is 76.7 Å². The van der Waals surface area contributed by atoms with Crippen molar-refractivity contribution in [1.29, 1.82) is 10.5 Å². The highest BCUT2D eigenvalue weighted by atomic mass is 16.1. The maximum atomic E-state index is 11.5. The number of benzene rings is 1. The van der Waals surface area contributed by atoms with E-state index in [1.54, 1.807) is 43.5 Å². The molecule has 0 heterocycles. The van der Waals surface area contributed by atoms with Crippen LogP contribution in [0.25, 0.3) is 0 Å². The second-order valence-electron chi connectivity index (χ2n) is 2.88. The molecule has 0 bridgehead atoms. The van der Waals surface area contributed by atoms with E-state index in [9.17, 15) is 4.79 Å². The van der Waals surface area contributed by atoms with Crippen LogP contribution in [-0.2, 0) is 0 Å². The van der Waals surface area contributed by atoms with Gasteiger partial charge >= 0.3 is 0 Å². The summed E-state index contributed by atoms with van der Waals surface area (Å²) in [7, 11) is 1.77. The fourth-order valence-electron chi connectivity index (χ4n) is 1.11. The zero-order valence-corrected chi connectivity index (χ0v) is 8.19. The minimum atomic E-state index is -1.22. The Hall–Kier alpha value is -2.33. The molecule has 1 N–H and O–H groups in total. The number of carbonyl (C=O) groups excluding carboxylic acids is 1. The summed E-state index contributed by atoms with van der Waals surface area (Å²) in [5.41, 5.74) is 1.25. The third kappa shape index (κ3) is 2.32. The van der Waals surface area contributed by atoms with Gasteiger partial charge in [-0.1, -0.05) is 0 Å². The first-order valence-electron chi connectivity index (χ1n) is 4.34. The largest absolute Gasteiger partial charge is 0.388 e. The third-order valence-electron chi connectivity index (χ3n) is 1.98. The molecule has 4 nitrogen and oxygen atoms in total. The Morgan fingerprint density at radius 3 is 2.20 bits per heavy atom. The Bertz CT molecular complexity index is 422. The molecule has 1 rings (SSSR count). The Balaban J connectivity index is 2.94. The molecule has 0 unspecified atom stereocenters. The van der Waals surface area contributed by atoms with Crippen molar-refractivity contribution in [2.45, 2.75) is 0 Å². The number of carbonyl (C=O) groups is 1. The summed E-state index contributed by atoms with van der Waals surface area (Å²) in [5, 5.41) is 20.0. The number of nitriles is 2. The zero-order chi connectivity index (χ0) is 11.3. The van der Waals surface area contributed by atoms with Crippen molar-refractivity contribution in [3.63, 3.8) is 0 Å². The van der Waals surface area contributed by atoms with Gasteiger partial charge < -0.3 is 5.32 Å². The van der Waals surface area contributed by atoms with E-state index in [1.165, 1.54) is 0 Å². The van der Waals surface area contributed by atoms with Gasteiger partial charge in [0.1, 0.15) is 0 Å². The lowest BCUT2D eigenvalue weighted by atomic mass is 10.0. The van der Waals surface area contributed by atoms with Gasteiger partial charge in [-0.15, -0.1) is 0 Å². The Morgan fingerprint density at radius 1 is 1.27 bits per heavy atom. The van der Waals surface area contributed by atoms with Gasteiger partial charge in [-0.05, 0) is 24.3 Å². The monoisotopic (exact) mass is 199 g/mol. The van der Waals surface area contributed by atoms with Crippen molar-refractivity contribution in [3.05, 3.63) is 29.8 Å². The summed E-state index contributed by atoms with van der Waals surface area (Å²) >= 11 is 0. The van der Waals surface area contributed by atoms with Gasteiger partial charge in [0, 0.05) is 18.3 Å².